The summed E-state index contributed by atoms with van der Waals surface area (Å²) in [6.45, 7) is 4.48. The highest BCUT2D eigenvalue weighted by Gasteiger charge is 2.27. The van der Waals surface area contributed by atoms with Gasteiger partial charge in [-0.2, -0.15) is 0 Å². The van der Waals surface area contributed by atoms with Crippen molar-refractivity contribution in [1.82, 2.24) is 0 Å². The van der Waals surface area contributed by atoms with E-state index >= 15 is 0 Å². The number of ether oxygens (including phenoxy) is 1. The third-order valence-electron chi connectivity index (χ3n) is 3.58. The summed E-state index contributed by atoms with van der Waals surface area (Å²) in [5.74, 6) is -1.13. The summed E-state index contributed by atoms with van der Waals surface area (Å²) in [7, 11) is -3.85. The molecule has 0 radical (unpaired) electrons. The van der Waals surface area contributed by atoms with Gasteiger partial charge in [0.15, 0.2) is 0 Å². The first kappa shape index (κ1) is 22.5. The predicted octanol–water partition coefficient (Wildman–Crippen LogP) is 4.91. The van der Waals surface area contributed by atoms with Gasteiger partial charge in [0.05, 0.1) is 22.0 Å². The number of carbonyl (C=O) groups excluding carboxylic acids is 1. The topological polar surface area (TPSA) is 63.7 Å². The molecule has 0 aliphatic rings. The van der Waals surface area contributed by atoms with Gasteiger partial charge in [-0.15, -0.1) is 0 Å². The number of halogens is 3. The van der Waals surface area contributed by atoms with Crippen molar-refractivity contribution < 1.29 is 22.3 Å². The van der Waals surface area contributed by atoms with Gasteiger partial charge in [0.2, 0.25) is 10.0 Å². The molecule has 2 rings (SSSR count). The van der Waals surface area contributed by atoms with Crippen molar-refractivity contribution in [3.63, 3.8) is 0 Å². The second kappa shape index (κ2) is 8.27. The van der Waals surface area contributed by atoms with Crippen LogP contribution in [0.4, 0.5) is 10.1 Å². The number of esters is 1. The lowest BCUT2D eigenvalue weighted by Crippen LogP contribution is -2.38. The van der Waals surface area contributed by atoms with Gasteiger partial charge in [0.1, 0.15) is 18.0 Å². The fraction of sp³-hybridized carbons (Fsp3) is 0.316. The fourth-order valence-corrected chi connectivity index (χ4v) is 3.89. The number of nitrogens with zero attached hydrogens (tertiary/aromatic N) is 1. The van der Waals surface area contributed by atoms with Crippen LogP contribution in [0.2, 0.25) is 10.0 Å². The van der Waals surface area contributed by atoms with Crippen molar-refractivity contribution in [1.29, 1.82) is 0 Å². The maximum Gasteiger partial charge on any atom is 0.327 e. The first-order chi connectivity index (χ1) is 12.8. The van der Waals surface area contributed by atoms with Crippen LogP contribution >= 0.6 is 23.2 Å². The van der Waals surface area contributed by atoms with E-state index in [0.29, 0.717) is 11.1 Å². The molecule has 0 saturated heterocycles. The number of anilines is 1. The van der Waals surface area contributed by atoms with E-state index in [1.54, 1.807) is 26.8 Å². The molecule has 9 heteroatoms. The minimum atomic E-state index is -3.85. The third kappa shape index (κ3) is 5.59. The van der Waals surface area contributed by atoms with E-state index in [0.717, 1.165) is 10.6 Å². The molecule has 152 valence electrons. The van der Waals surface area contributed by atoms with Crippen LogP contribution in [-0.2, 0) is 19.6 Å². The zero-order valence-electron chi connectivity index (χ0n) is 15.8. The summed E-state index contributed by atoms with van der Waals surface area (Å²) in [5, 5.41) is 0.0427. The molecule has 2 aromatic carbocycles. The lowest BCUT2D eigenvalue weighted by atomic mass is 10.1. The van der Waals surface area contributed by atoms with E-state index in [1.165, 1.54) is 30.3 Å². The SMILES string of the molecule is CC(C)(C)OC(=O)CN(c1ccc(-c2ccc(F)cc2)c(Cl)c1Cl)S(C)(=O)=O. The van der Waals surface area contributed by atoms with Crippen molar-refractivity contribution in [2.24, 2.45) is 0 Å². The molecule has 0 heterocycles. The molecule has 0 fully saturated rings. The van der Waals surface area contributed by atoms with Crippen LogP contribution < -0.4 is 4.31 Å². The normalized spacial score (nSPS) is 12.0. The zero-order chi connectivity index (χ0) is 21.3. The molecule has 2 aromatic rings. The highest BCUT2D eigenvalue weighted by atomic mass is 35.5. The Labute approximate surface area is 174 Å². The Kier molecular flexibility index (Phi) is 6.63. The van der Waals surface area contributed by atoms with Crippen molar-refractivity contribution in [3.8, 4) is 11.1 Å². The van der Waals surface area contributed by atoms with Gasteiger partial charge in [-0.25, -0.2) is 12.8 Å². The van der Waals surface area contributed by atoms with Crippen LogP contribution in [0.15, 0.2) is 36.4 Å². The van der Waals surface area contributed by atoms with Gasteiger partial charge in [0.25, 0.3) is 0 Å². The van der Waals surface area contributed by atoms with Crippen molar-refractivity contribution in [2.75, 3.05) is 17.1 Å². The molecule has 0 aromatic heterocycles. The van der Waals surface area contributed by atoms with Gasteiger partial charge in [0, 0.05) is 5.56 Å². The number of hydrogen-bond donors (Lipinski definition) is 0. The number of sulfonamides is 1. The Hall–Kier alpha value is -1.83. The number of carbonyl (C=O) groups is 1. The quantitative estimate of drug-likeness (QED) is 0.610. The van der Waals surface area contributed by atoms with Crippen LogP contribution in [0.3, 0.4) is 0 Å². The minimum Gasteiger partial charge on any atom is -0.459 e. The number of rotatable bonds is 5. The molecule has 0 N–H and O–H groups in total. The van der Waals surface area contributed by atoms with Crippen molar-refractivity contribution in [3.05, 3.63) is 52.3 Å². The molecular weight excluding hydrogens is 428 g/mol. The lowest BCUT2D eigenvalue weighted by molar-refractivity contribution is -0.152. The van der Waals surface area contributed by atoms with Gasteiger partial charge in [-0.1, -0.05) is 41.4 Å². The third-order valence-corrected chi connectivity index (χ3v) is 5.58. The van der Waals surface area contributed by atoms with Crippen molar-refractivity contribution in [2.45, 2.75) is 26.4 Å². The standard InChI is InChI=1S/C19H20Cl2FNO4S/c1-19(2,3)27-16(24)11-23(28(4,25)26)15-10-9-14(17(20)18(15)21)12-5-7-13(22)8-6-12/h5-10H,11H2,1-4H3. The molecule has 0 spiro atoms. The van der Waals surface area contributed by atoms with E-state index in [9.17, 15) is 17.6 Å². The molecule has 0 amide bonds. The maximum absolute atomic E-state index is 13.1. The minimum absolute atomic E-state index is 0.0440. The molecule has 0 aliphatic carbocycles. The molecular formula is C19H20Cl2FNO4S. The molecule has 5 nitrogen and oxygen atoms in total. The molecule has 0 unspecified atom stereocenters. The summed E-state index contributed by atoms with van der Waals surface area (Å²) in [6.07, 6.45) is 0.954. The summed E-state index contributed by atoms with van der Waals surface area (Å²) in [4.78, 5) is 12.2. The smallest absolute Gasteiger partial charge is 0.327 e. The Morgan fingerprint density at radius 2 is 1.64 bits per heavy atom. The van der Waals surface area contributed by atoms with Gasteiger partial charge < -0.3 is 4.74 Å². The fourth-order valence-electron chi connectivity index (χ4n) is 2.46. The molecule has 0 bridgehead atoms. The average molecular weight is 448 g/mol. The second-order valence-electron chi connectivity index (χ2n) is 7.12. The van der Waals surface area contributed by atoms with Gasteiger partial charge in [-0.3, -0.25) is 9.10 Å². The average Bonchev–Trinajstić information content (AvgIpc) is 2.54. The van der Waals surface area contributed by atoms with Crippen LogP contribution in [0.1, 0.15) is 20.8 Å². The van der Waals surface area contributed by atoms with Crippen molar-refractivity contribution >= 4 is 44.9 Å². The van der Waals surface area contributed by atoms with E-state index in [4.69, 9.17) is 27.9 Å². The van der Waals surface area contributed by atoms with Crippen LogP contribution in [-0.4, -0.2) is 32.8 Å². The van der Waals surface area contributed by atoms with E-state index in [2.05, 4.69) is 0 Å². The largest absolute Gasteiger partial charge is 0.459 e. The van der Waals surface area contributed by atoms with E-state index in [-0.39, 0.29) is 15.7 Å². The monoisotopic (exact) mass is 447 g/mol. The number of benzene rings is 2. The predicted molar refractivity (Wildman–Crippen MR) is 110 cm³/mol. The Morgan fingerprint density at radius 3 is 2.14 bits per heavy atom. The molecule has 0 aliphatic heterocycles. The van der Waals surface area contributed by atoms with Gasteiger partial charge in [-0.05, 0) is 44.5 Å². The summed E-state index contributed by atoms with van der Waals surface area (Å²) in [5.41, 5.74) is 0.388. The second-order valence-corrected chi connectivity index (χ2v) is 9.79. The summed E-state index contributed by atoms with van der Waals surface area (Å²) >= 11 is 12.7. The van der Waals surface area contributed by atoms with Crippen LogP contribution in [0.5, 0.6) is 0 Å². The molecule has 0 atom stereocenters. The Morgan fingerprint density at radius 1 is 1.07 bits per heavy atom. The maximum atomic E-state index is 13.1. The Balaban J connectivity index is 2.46. The first-order valence-electron chi connectivity index (χ1n) is 8.23. The number of hydrogen-bond acceptors (Lipinski definition) is 4. The lowest BCUT2D eigenvalue weighted by Gasteiger charge is -2.26. The highest BCUT2D eigenvalue weighted by molar-refractivity contribution is 7.92. The zero-order valence-corrected chi connectivity index (χ0v) is 18.1. The van der Waals surface area contributed by atoms with Crippen LogP contribution in [0.25, 0.3) is 11.1 Å². The van der Waals surface area contributed by atoms with Crippen LogP contribution in [0, 0.1) is 5.82 Å². The summed E-state index contributed by atoms with van der Waals surface area (Å²) < 4.78 is 43.7. The van der Waals surface area contributed by atoms with E-state index in [1.807, 2.05) is 0 Å². The molecule has 0 saturated carbocycles. The first-order valence-corrected chi connectivity index (χ1v) is 10.8. The summed E-state index contributed by atoms with van der Waals surface area (Å²) in [6, 6.07) is 8.61. The van der Waals surface area contributed by atoms with Gasteiger partial charge >= 0.3 is 5.97 Å². The molecule has 28 heavy (non-hydrogen) atoms. The van der Waals surface area contributed by atoms with E-state index < -0.39 is 34.0 Å². The Bertz CT molecular complexity index is 986. The highest BCUT2D eigenvalue weighted by Crippen LogP contribution is 2.40.